The summed E-state index contributed by atoms with van der Waals surface area (Å²) in [4.78, 5) is 22.2. The molecule has 1 atom stereocenters. The monoisotopic (exact) mass is 471 g/mol. The maximum Gasteiger partial charge on any atom is 0.185 e. The van der Waals surface area contributed by atoms with Crippen LogP contribution < -0.4 is 4.90 Å². The van der Waals surface area contributed by atoms with Gasteiger partial charge in [-0.2, -0.15) is 0 Å². The molecule has 180 valence electrons. The maximum atomic E-state index is 5.67. The molecule has 1 unspecified atom stereocenters. The quantitative estimate of drug-likeness (QED) is 0.611. The van der Waals surface area contributed by atoms with Gasteiger partial charge >= 0.3 is 0 Å². The standard InChI is InChI=1S/C25H37N5O2S/c1-18-4-9-30(10-5-18)25-26-21(17-33-25)24-28-22(15-19-3-2-11-31-12-6-19)27-23(29-24)16-20-7-13-32-14-8-20/h17-20H,2-16H2,1H3. The summed E-state index contributed by atoms with van der Waals surface area (Å²) in [5.41, 5.74) is 0.898. The fourth-order valence-corrected chi connectivity index (χ4v) is 5.98. The average Bonchev–Trinajstić information content (AvgIpc) is 3.19. The summed E-state index contributed by atoms with van der Waals surface area (Å²) in [6, 6.07) is 0. The van der Waals surface area contributed by atoms with E-state index >= 15 is 0 Å². The lowest BCUT2D eigenvalue weighted by Gasteiger charge is -2.29. The van der Waals surface area contributed by atoms with E-state index in [1.54, 1.807) is 11.3 Å². The largest absolute Gasteiger partial charge is 0.381 e. The van der Waals surface area contributed by atoms with Crippen LogP contribution in [0.15, 0.2) is 5.38 Å². The Hall–Kier alpha value is -1.64. The summed E-state index contributed by atoms with van der Waals surface area (Å²) in [5.74, 6) is 4.59. The zero-order valence-electron chi connectivity index (χ0n) is 19.9. The van der Waals surface area contributed by atoms with Crippen LogP contribution in [0, 0.1) is 17.8 Å². The fourth-order valence-electron chi connectivity index (χ4n) is 5.12. The van der Waals surface area contributed by atoms with E-state index < -0.39 is 0 Å². The predicted molar refractivity (Wildman–Crippen MR) is 131 cm³/mol. The van der Waals surface area contributed by atoms with Gasteiger partial charge in [0.2, 0.25) is 0 Å². The molecule has 0 N–H and O–H groups in total. The van der Waals surface area contributed by atoms with Gasteiger partial charge in [0.25, 0.3) is 0 Å². The number of aromatic nitrogens is 4. The van der Waals surface area contributed by atoms with Crippen molar-refractivity contribution in [3.05, 3.63) is 17.0 Å². The molecule has 0 amide bonds. The lowest BCUT2D eigenvalue weighted by Crippen LogP contribution is -2.32. The number of hydrogen-bond donors (Lipinski definition) is 0. The van der Waals surface area contributed by atoms with E-state index in [9.17, 15) is 0 Å². The van der Waals surface area contributed by atoms with Crippen molar-refractivity contribution in [1.82, 2.24) is 19.9 Å². The Bertz CT molecular complexity index is 885. The smallest absolute Gasteiger partial charge is 0.185 e. The van der Waals surface area contributed by atoms with Gasteiger partial charge in [0.15, 0.2) is 11.0 Å². The molecular formula is C25H37N5O2S. The van der Waals surface area contributed by atoms with Gasteiger partial charge in [0.1, 0.15) is 17.3 Å². The molecule has 0 radical (unpaired) electrons. The molecule has 5 rings (SSSR count). The van der Waals surface area contributed by atoms with Gasteiger partial charge in [0.05, 0.1) is 0 Å². The van der Waals surface area contributed by atoms with Gasteiger partial charge in [-0.25, -0.2) is 19.9 Å². The second-order valence-corrected chi connectivity index (χ2v) is 10.9. The molecule has 3 aliphatic rings. The Morgan fingerprint density at radius 3 is 2.15 bits per heavy atom. The average molecular weight is 472 g/mol. The summed E-state index contributed by atoms with van der Waals surface area (Å²) in [5, 5.41) is 3.23. The number of hydrogen-bond acceptors (Lipinski definition) is 8. The van der Waals surface area contributed by atoms with Crippen molar-refractivity contribution in [2.45, 2.75) is 64.7 Å². The molecule has 3 aliphatic heterocycles. The predicted octanol–water partition coefficient (Wildman–Crippen LogP) is 4.56. The highest BCUT2D eigenvalue weighted by Gasteiger charge is 2.22. The topological polar surface area (TPSA) is 73.3 Å². The molecule has 0 spiro atoms. The molecule has 0 bridgehead atoms. The van der Waals surface area contributed by atoms with Crippen LogP contribution in [-0.2, 0) is 22.3 Å². The molecule has 5 heterocycles. The van der Waals surface area contributed by atoms with Crippen LogP contribution in [0.5, 0.6) is 0 Å². The van der Waals surface area contributed by atoms with Gasteiger partial charge in [0, 0.05) is 57.7 Å². The van der Waals surface area contributed by atoms with E-state index in [-0.39, 0.29) is 0 Å². The third-order valence-corrected chi connectivity index (χ3v) is 8.26. The molecule has 0 saturated carbocycles. The van der Waals surface area contributed by atoms with Crippen LogP contribution in [0.3, 0.4) is 0 Å². The number of nitrogens with zero attached hydrogens (tertiary/aromatic N) is 5. The van der Waals surface area contributed by atoms with Crippen LogP contribution in [0.25, 0.3) is 11.5 Å². The van der Waals surface area contributed by atoms with Crippen LogP contribution in [-0.4, -0.2) is 59.5 Å². The molecule has 8 heteroatoms. The van der Waals surface area contributed by atoms with Gasteiger partial charge in [-0.15, -0.1) is 11.3 Å². The van der Waals surface area contributed by atoms with Crippen LogP contribution in [0.4, 0.5) is 5.13 Å². The summed E-state index contributed by atoms with van der Waals surface area (Å²) in [6.07, 6.45) is 9.86. The van der Waals surface area contributed by atoms with Gasteiger partial charge in [-0.1, -0.05) is 6.92 Å². The minimum absolute atomic E-state index is 0.583. The Morgan fingerprint density at radius 2 is 1.45 bits per heavy atom. The summed E-state index contributed by atoms with van der Waals surface area (Å²) >= 11 is 1.72. The lowest BCUT2D eigenvalue weighted by atomic mass is 9.95. The second kappa shape index (κ2) is 11.2. The van der Waals surface area contributed by atoms with Crippen LogP contribution in [0.2, 0.25) is 0 Å². The highest BCUT2D eigenvalue weighted by Crippen LogP contribution is 2.30. The highest BCUT2D eigenvalue weighted by molar-refractivity contribution is 7.14. The highest BCUT2D eigenvalue weighted by atomic mass is 32.1. The summed E-state index contributed by atoms with van der Waals surface area (Å²) in [7, 11) is 0. The van der Waals surface area contributed by atoms with E-state index in [1.165, 1.54) is 19.3 Å². The maximum absolute atomic E-state index is 5.67. The van der Waals surface area contributed by atoms with Crippen molar-refractivity contribution >= 4 is 16.5 Å². The van der Waals surface area contributed by atoms with Crippen molar-refractivity contribution in [2.24, 2.45) is 17.8 Å². The normalized spacial score (nSPS) is 23.5. The van der Waals surface area contributed by atoms with Crippen molar-refractivity contribution in [2.75, 3.05) is 44.4 Å². The Labute approximate surface area is 201 Å². The fraction of sp³-hybridized carbons (Fsp3) is 0.760. The van der Waals surface area contributed by atoms with E-state index in [0.29, 0.717) is 11.8 Å². The molecule has 2 aromatic heterocycles. The van der Waals surface area contributed by atoms with E-state index in [1.807, 2.05) is 0 Å². The first-order valence-corrected chi connectivity index (χ1v) is 13.7. The Balaban J connectivity index is 1.37. The Morgan fingerprint density at radius 1 is 0.818 bits per heavy atom. The summed E-state index contributed by atoms with van der Waals surface area (Å²) < 4.78 is 11.2. The number of ether oxygens (including phenoxy) is 2. The minimum atomic E-state index is 0.583. The third-order valence-electron chi connectivity index (χ3n) is 7.36. The SMILES string of the molecule is CC1CCN(c2nc(-c3nc(CC4CCCOCC4)nc(CC4CCOCC4)n3)cs2)CC1. The second-order valence-electron chi connectivity index (χ2n) is 10.0. The number of rotatable bonds is 6. The molecule has 33 heavy (non-hydrogen) atoms. The van der Waals surface area contributed by atoms with Crippen LogP contribution in [0.1, 0.15) is 63.5 Å². The van der Waals surface area contributed by atoms with Crippen molar-refractivity contribution in [1.29, 1.82) is 0 Å². The zero-order chi connectivity index (χ0) is 22.5. The lowest BCUT2D eigenvalue weighted by molar-refractivity contribution is 0.0659. The van der Waals surface area contributed by atoms with Crippen LogP contribution >= 0.6 is 11.3 Å². The van der Waals surface area contributed by atoms with E-state index in [2.05, 4.69) is 17.2 Å². The van der Waals surface area contributed by atoms with E-state index in [0.717, 1.165) is 112 Å². The van der Waals surface area contributed by atoms with Gasteiger partial charge in [-0.3, -0.25) is 0 Å². The molecule has 2 aromatic rings. The molecule has 7 nitrogen and oxygen atoms in total. The van der Waals surface area contributed by atoms with Gasteiger partial charge < -0.3 is 14.4 Å². The van der Waals surface area contributed by atoms with E-state index in [4.69, 9.17) is 29.4 Å². The molecular weight excluding hydrogens is 434 g/mol. The Kier molecular flexibility index (Phi) is 7.84. The minimum Gasteiger partial charge on any atom is -0.381 e. The van der Waals surface area contributed by atoms with Crippen molar-refractivity contribution in [3.8, 4) is 11.5 Å². The first kappa shape index (κ1) is 23.1. The summed E-state index contributed by atoms with van der Waals surface area (Å²) in [6.45, 7) is 7.96. The molecule has 3 fully saturated rings. The van der Waals surface area contributed by atoms with Gasteiger partial charge in [-0.05, 0) is 62.7 Å². The van der Waals surface area contributed by atoms with Crippen molar-refractivity contribution < 1.29 is 9.47 Å². The number of piperidine rings is 1. The third kappa shape index (κ3) is 6.28. The molecule has 3 saturated heterocycles. The van der Waals surface area contributed by atoms with Crippen molar-refractivity contribution in [3.63, 3.8) is 0 Å². The molecule has 0 aromatic carbocycles. The number of anilines is 1. The first-order chi connectivity index (χ1) is 16.2. The zero-order valence-corrected chi connectivity index (χ0v) is 20.7. The number of thiazole rings is 1. The molecule has 0 aliphatic carbocycles. The first-order valence-electron chi connectivity index (χ1n) is 12.8.